The van der Waals surface area contributed by atoms with Gasteiger partial charge in [0.1, 0.15) is 17.9 Å². The van der Waals surface area contributed by atoms with E-state index in [1.165, 1.54) is 11.3 Å². The minimum absolute atomic E-state index is 0.0119. The number of hydrogen-bond acceptors (Lipinski definition) is 5. The van der Waals surface area contributed by atoms with Crippen LogP contribution in [-0.2, 0) is 16.1 Å². The molecule has 0 aliphatic carbocycles. The van der Waals surface area contributed by atoms with E-state index in [1.807, 2.05) is 48.5 Å². The molecule has 0 saturated heterocycles. The lowest BCUT2D eigenvalue weighted by molar-refractivity contribution is -0.121. The van der Waals surface area contributed by atoms with Crippen LogP contribution in [-0.4, -0.2) is 24.6 Å². The van der Waals surface area contributed by atoms with Crippen molar-refractivity contribution in [3.8, 4) is 5.75 Å². The number of para-hydroxylation sites is 1. The van der Waals surface area contributed by atoms with Crippen LogP contribution in [0.3, 0.4) is 0 Å². The van der Waals surface area contributed by atoms with Gasteiger partial charge in [-0.1, -0.05) is 47.7 Å². The van der Waals surface area contributed by atoms with Crippen molar-refractivity contribution in [3.63, 3.8) is 0 Å². The van der Waals surface area contributed by atoms with Crippen LogP contribution in [0.15, 0.2) is 48.5 Å². The summed E-state index contributed by atoms with van der Waals surface area (Å²) >= 11 is 1.41. The molecule has 3 rings (SSSR count). The summed E-state index contributed by atoms with van der Waals surface area (Å²) in [6, 6.07) is 15.4. The van der Waals surface area contributed by atoms with Crippen molar-refractivity contribution in [3.05, 3.63) is 54.1 Å². The van der Waals surface area contributed by atoms with E-state index in [-0.39, 0.29) is 12.5 Å². The molecule has 118 valence electrons. The van der Waals surface area contributed by atoms with Crippen LogP contribution >= 0.6 is 11.3 Å². The lowest BCUT2D eigenvalue weighted by Gasteiger charge is -2.04. The van der Waals surface area contributed by atoms with Crippen LogP contribution in [0.5, 0.6) is 5.75 Å². The van der Waals surface area contributed by atoms with Crippen molar-refractivity contribution < 1.29 is 14.3 Å². The van der Waals surface area contributed by atoms with E-state index < -0.39 is 0 Å². The van der Waals surface area contributed by atoms with E-state index in [9.17, 15) is 4.79 Å². The van der Waals surface area contributed by atoms with Crippen molar-refractivity contribution in [2.45, 2.75) is 6.61 Å². The van der Waals surface area contributed by atoms with Gasteiger partial charge in [-0.05, 0) is 17.7 Å². The smallest absolute Gasteiger partial charge is 0.252 e. The molecule has 0 saturated carbocycles. The maximum Gasteiger partial charge on any atom is 0.252 e. The second kappa shape index (κ2) is 7.21. The van der Waals surface area contributed by atoms with E-state index in [0.29, 0.717) is 17.5 Å². The zero-order valence-electron chi connectivity index (χ0n) is 12.6. The molecular weight excluding hydrogens is 312 g/mol. The summed E-state index contributed by atoms with van der Waals surface area (Å²) in [5.41, 5.74) is 1.78. The van der Waals surface area contributed by atoms with Crippen LogP contribution in [0.2, 0.25) is 0 Å². The summed E-state index contributed by atoms with van der Waals surface area (Å²) in [5.74, 6) is 0.471. The number of carbonyl (C=O) groups is 1. The number of rotatable bonds is 6. The summed E-state index contributed by atoms with van der Waals surface area (Å²) in [6.07, 6.45) is 0. The van der Waals surface area contributed by atoms with Crippen molar-refractivity contribution in [2.75, 3.05) is 19.0 Å². The van der Waals surface area contributed by atoms with Crippen LogP contribution in [0, 0.1) is 0 Å². The summed E-state index contributed by atoms with van der Waals surface area (Å²) in [6.45, 7) is 0.393. The van der Waals surface area contributed by atoms with Crippen molar-refractivity contribution in [1.29, 1.82) is 0 Å². The topological polar surface area (TPSA) is 60.5 Å². The number of thiazole rings is 1. The predicted octanol–water partition coefficient (Wildman–Crippen LogP) is 3.46. The number of nitrogens with zero attached hydrogens (tertiary/aromatic N) is 1. The fourth-order valence-electron chi connectivity index (χ4n) is 2.13. The molecule has 6 heteroatoms. The predicted molar refractivity (Wildman–Crippen MR) is 90.9 cm³/mol. The number of methoxy groups -OCH3 is 1. The first-order chi connectivity index (χ1) is 11.3. The van der Waals surface area contributed by atoms with Gasteiger partial charge in [0.2, 0.25) is 0 Å². The Hall–Kier alpha value is -2.44. The standard InChI is InChI=1S/C17H16N2O3S/c1-21-13-8-5-9-14-16(13)19-17(23-14)18-15(20)11-22-10-12-6-3-2-4-7-12/h2-9H,10-11H2,1H3,(H,18,19,20). The van der Waals surface area contributed by atoms with Gasteiger partial charge in [-0.15, -0.1) is 0 Å². The van der Waals surface area contributed by atoms with E-state index in [2.05, 4.69) is 10.3 Å². The lowest BCUT2D eigenvalue weighted by atomic mass is 10.2. The molecule has 1 N–H and O–H groups in total. The van der Waals surface area contributed by atoms with Crippen molar-refractivity contribution in [2.24, 2.45) is 0 Å². The second-order valence-corrected chi connectivity index (χ2v) is 5.88. The Bertz CT molecular complexity index is 802. The van der Waals surface area contributed by atoms with Crippen LogP contribution in [0.1, 0.15) is 5.56 Å². The van der Waals surface area contributed by atoms with Crippen LogP contribution in [0.25, 0.3) is 10.2 Å². The number of nitrogens with one attached hydrogen (secondary N) is 1. The van der Waals surface area contributed by atoms with Gasteiger partial charge in [0.15, 0.2) is 5.13 Å². The number of benzene rings is 2. The van der Waals surface area contributed by atoms with Gasteiger partial charge < -0.3 is 9.47 Å². The largest absolute Gasteiger partial charge is 0.494 e. The molecule has 2 aromatic carbocycles. The molecule has 3 aromatic rings. The molecule has 0 spiro atoms. The lowest BCUT2D eigenvalue weighted by Crippen LogP contribution is -2.18. The molecule has 0 bridgehead atoms. The number of anilines is 1. The third-order valence-electron chi connectivity index (χ3n) is 3.19. The first-order valence-electron chi connectivity index (χ1n) is 7.11. The molecule has 1 amide bonds. The minimum atomic E-state index is -0.223. The Morgan fingerprint density at radius 3 is 2.78 bits per heavy atom. The fourth-order valence-corrected chi connectivity index (χ4v) is 3.03. The Kier molecular flexibility index (Phi) is 4.85. The molecule has 0 unspecified atom stereocenters. The molecule has 0 fully saturated rings. The van der Waals surface area contributed by atoms with Gasteiger partial charge in [0.25, 0.3) is 5.91 Å². The third kappa shape index (κ3) is 3.85. The van der Waals surface area contributed by atoms with Gasteiger partial charge in [-0.25, -0.2) is 4.98 Å². The molecule has 1 heterocycles. The zero-order chi connectivity index (χ0) is 16.1. The number of ether oxygens (including phenoxy) is 2. The highest BCUT2D eigenvalue weighted by atomic mass is 32.1. The first kappa shape index (κ1) is 15.5. The number of aromatic nitrogens is 1. The Balaban J connectivity index is 1.57. The number of carbonyl (C=O) groups excluding carboxylic acids is 1. The molecule has 0 aliphatic heterocycles. The quantitative estimate of drug-likeness (QED) is 0.753. The van der Waals surface area contributed by atoms with Gasteiger partial charge in [-0.2, -0.15) is 0 Å². The summed E-state index contributed by atoms with van der Waals surface area (Å²) in [7, 11) is 1.60. The van der Waals surface area contributed by atoms with E-state index >= 15 is 0 Å². The Labute approximate surface area is 137 Å². The normalized spacial score (nSPS) is 10.7. The number of amides is 1. The minimum Gasteiger partial charge on any atom is -0.494 e. The van der Waals surface area contributed by atoms with Gasteiger partial charge in [0.05, 0.1) is 18.4 Å². The molecule has 23 heavy (non-hydrogen) atoms. The first-order valence-corrected chi connectivity index (χ1v) is 7.93. The molecule has 5 nitrogen and oxygen atoms in total. The molecule has 0 atom stereocenters. The van der Waals surface area contributed by atoms with Crippen molar-refractivity contribution >= 4 is 32.6 Å². The summed E-state index contributed by atoms with van der Waals surface area (Å²) in [4.78, 5) is 16.3. The van der Waals surface area contributed by atoms with Crippen LogP contribution < -0.4 is 10.1 Å². The van der Waals surface area contributed by atoms with E-state index in [4.69, 9.17) is 9.47 Å². The Morgan fingerprint density at radius 2 is 2.00 bits per heavy atom. The highest BCUT2D eigenvalue weighted by Gasteiger charge is 2.11. The molecular formula is C17H16N2O3S. The SMILES string of the molecule is COc1cccc2sc(NC(=O)COCc3ccccc3)nc12. The van der Waals surface area contributed by atoms with E-state index in [1.54, 1.807) is 7.11 Å². The van der Waals surface area contributed by atoms with Gasteiger partial charge in [0, 0.05) is 0 Å². The zero-order valence-corrected chi connectivity index (χ0v) is 13.4. The highest BCUT2D eigenvalue weighted by molar-refractivity contribution is 7.22. The van der Waals surface area contributed by atoms with Crippen molar-refractivity contribution in [1.82, 2.24) is 4.98 Å². The monoisotopic (exact) mass is 328 g/mol. The highest BCUT2D eigenvalue weighted by Crippen LogP contribution is 2.31. The summed E-state index contributed by atoms with van der Waals surface area (Å²) in [5, 5.41) is 3.30. The molecule has 0 radical (unpaired) electrons. The second-order valence-electron chi connectivity index (χ2n) is 4.85. The van der Waals surface area contributed by atoms with E-state index in [0.717, 1.165) is 15.8 Å². The fraction of sp³-hybridized carbons (Fsp3) is 0.176. The summed E-state index contributed by atoms with van der Waals surface area (Å²) < 4.78 is 11.6. The maximum atomic E-state index is 11.9. The number of fused-ring (bicyclic) bond motifs is 1. The van der Waals surface area contributed by atoms with Crippen LogP contribution in [0.4, 0.5) is 5.13 Å². The van der Waals surface area contributed by atoms with Gasteiger partial charge >= 0.3 is 0 Å². The Morgan fingerprint density at radius 1 is 1.17 bits per heavy atom. The molecule has 1 aromatic heterocycles. The van der Waals surface area contributed by atoms with Gasteiger partial charge in [-0.3, -0.25) is 10.1 Å². The average Bonchev–Trinajstić information content (AvgIpc) is 2.98. The average molecular weight is 328 g/mol. The maximum absolute atomic E-state index is 11.9. The molecule has 0 aliphatic rings. The third-order valence-corrected chi connectivity index (χ3v) is 4.13. The number of hydrogen-bond donors (Lipinski definition) is 1.